The zero-order valence-corrected chi connectivity index (χ0v) is 9.95. The quantitative estimate of drug-likeness (QED) is 0.534. The zero-order chi connectivity index (χ0) is 11.7. The van der Waals surface area contributed by atoms with E-state index in [4.69, 9.17) is 10.5 Å². The molecule has 3 N–H and O–H groups in total. The lowest BCUT2D eigenvalue weighted by Crippen LogP contribution is -2.42. The van der Waals surface area contributed by atoms with Crippen LogP contribution in [0.25, 0.3) is 0 Å². The van der Waals surface area contributed by atoms with E-state index >= 15 is 0 Å². The third kappa shape index (κ3) is 6.43. The molecule has 0 rings (SSSR count). The first-order valence-corrected chi connectivity index (χ1v) is 5.34. The first-order chi connectivity index (χ1) is 7.15. The smallest absolute Gasteiger partial charge is 0.221 e. The average Bonchev–Trinajstić information content (AvgIpc) is 2.25. The van der Waals surface area contributed by atoms with Crippen molar-refractivity contribution in [2.75, 3.05) is 40.4 Å². The van der Waals surface area contributed by atoms with Gasteiger partial charge >= 0.3 is 0 Å². The molecule has 1 unspecified atom stereocenters. The van der Waals surface area contributed by atoms with Crippen LogP contribution in [0.2, 0.25) is 0 Å². The minimum Gasteiger partial charge on any atom is -0.380 e. The second-order valence-corrected chi connectivity index (χ2v) is 3.44. The molecule has 0 radical (unpaired) electrons. The summed E-state index contributed by atoms with van der Waals surface area (Å²) in [6, 6.07) is 0.0883. The highest BCUT2D eigenvalue weighted by Crippen LogP contribution is 2.00. The molecule has 90 valence electrons. The number of ether oxygens (including phenoxy) is 1. The summed E-state index contributed by atoms with van der Waals surface area (Å²) in [4.78, 5) is 13.3. The molecular weight excluding hydrogens is 194 g/mol. The summed E-state index contributed by atoms with van der Waals surface area (Å²) in [5.41, 5.74) is 5.62. The van der Waals surface area contributed by atoms with Gasteiger partial charge < -0.3 is 15.8 Å². The second kappa shape index (κ2) is 8.64. The number of likely N-dealkylation sites (N-methyl/N-ethyl adjacent to an activating group) is 1. The highest BCUT2D eigenvalue weighted by atomic mass is 16.5. The summed E-state index contributed by atoms with van der Waals surface area (Å²) in [7, 11) is 3.59. The van der Waals surface area contributed by atoms with Crippen molar-refractivity contribution in [1.82, 2.24) is 10.2 Å². The summed E-state index contributed by atoms with van der Waals surface area (Å²) < 4.78 is 5.25. The van der Waals surface area contributed by atoms with Crippen LogP contribution in [0, 0.1) is 0 Å². The molecule has 0 saturated carbocycles. The summed E-state index contributed by atoms with van der Waals surface area (Å²) >= 11 is 0. The molecule has 0 aromatic heterocycles. The lowest BCUT2D eigenvalue weighted by Gasteiger charge is -2.26. The number of nitrogens with zero attached hydrogens (tertiary/aromatic N) is 1. The van der Waals surface area contributed by atoms with Crippen LogP contribution in [-0.2, 0) is 9.53 Å². The molecule has 0 aliphatic carbocycles. The van der Waals surface area contributed by atoms with Crippen molar-refractivity contribution in [3.63, 3.8) is 0 Å². The molecule has 0 spiro atoms. The number of hydrogen-bond acceptors (Lipinski definition) is 4. The van der Waals surface area contributed by atoms with Gasteiger partial charge in [-0.3, -0.25) is 9.69 Å². The van der Waals surface area contributed by atoms with Crippen LogP contribution in [0.1, 0.15) is 13.3 Å². The van der Waals surface area contributed by atoms with Gasteiger partial charge in [0.25, 0.3) is 0 Å². The molecule has 5 heteroatoms. The number of carbonyl (C=O) groups is 1. The molecule has 0 aliphatic rings. The van der Waals surface area contributed by atoms with E-state index in [1.54, 1.807) is 7.05 Å². The van der Waals surface area contributed by atoms with Crippen LogP contribution >= 0.6 is 0 Å². The molecule has 5 nitrogen and oxygen atoms in total. The predicted molar refractivity (Wildman–Crippen MR) is 60.6 cm³/mol. The van der Waals surface area contributed by atoms with Gasteiger partial charge in [0.2, 0.25) is 5.91 Å². The van der Waals surface area contributed by atoms with Crippen LogP contribution in [-0.4, -0.2) is 57.2 Å². The molecule has 0 aliphatic heterocycles. The van der Waals surface area contributed by atoms with Crippen LogP contribution in [0.15, 0.2) is 0 Å². The van der Waals surface area contributed by atoms with Crippen molar-refractivity contribution in [2.24, 2.45) is 5.73 Å². The number of amides is 1. The second-order valence-electron chi connectivity index (χ2n) is 3.44. The lowest BCUT2D eigenvalue weighted by atomic mass is 10.1. The van der Waals surface area contributed by atoms with Crippen LogP contribution in [0.3, 0.4) is 0 Å². The Labute approximate surface area is 91.9 Å². The van der Waals surface area contributed by atoms with E-state index in [9.17, 15) is 4.79 Å². The number of nitrogens with two attached hydrogens (primary N) is 1. The SMILES string of the molecule is CCOCCN(C)C(CN)CC(=O)NC. The van der Waals surface area contributed by atoms with Crippen molar-refractivity contribution in [3.8, 4) is 0 Å². The molecule has 15 heavy (non-hydrogen) atoms. The van der Waals surface area contributed by atoms with Crippen molar-refractivity contribution in [1.29, 1.82) is 0 Å². The largest absolute Gasteiger partial charge is 0.380 e. The van der Waals surface area contributed by atoms with Crippen molar-refractivity contribution in [2.45, 2.75) is 19.4 Å². The highest BCUT2D eigenvalue weighted by Gasteiger charge is 2.15. The number of nitrogens with one attached hydrogen (secondary N) is 1. The lowest BCUT2D eigenvalue weighted by molar-refractivity contribution is -0.121. The van der Waals surface area contributed by atoms with Gasteiger partial charge in [0.1, 0.15) is 0 Å². The average molecular weight is 217 g/mol. The maximum atomic E-state index is 11.2. The van der Waals surface area contributed by atoms with Gasteiger partial charge in [0.05, 0.1) is 6.61 Å². The molecule has 0 aromatic rings. The molecule has 1 atom stereocenters. The van der Waals surface area contributed by atoms with Crippen molar-refractivity contribution in [3.05, 3.63) is 0 Å². The number of hydrogen-bond donors (Lipinski definition) is 2. The Morgan fingerprint density at radius 3 is 2.73 bits per heavy atom. The fraction of sp³-hybridized carbons (Fsp3) is 0.900. The Kier molecular flexibility index (Phi) is 8.27. The maximum absolute atomic E-state index is 11.2. The van der Waals surface area contributed by atoms with E-state index < -0.39 is 0 Å². The molecular formula is C10H23N3O2. The Morgan fingerprint density at radius 2 is 2.27 bits per heavy atom. The minimum absolute atomic E-state index is 0.0220. The number of carbonyl (C=O) groups excluding carboxylic acids is 1. The van der Waals surface area contributed by atoms with E-state index in [1.807, 2.05) is 14.0 Å². The first kappa shape index (κ1) is 14.3. The normalized spacial score (nSPS) is 12.9. The number of rotatable bonds is 8. The standard InChI is InChI=1S/C10H23N3O2/c1-4-15-6-5-13(3)9(8-11)7-10(14)12-2/h9H,4-8,11H2,1-3H3,(H,12,14). The van der Waals surface area contributed by atoms with Gasteiger partial charge in [-0.15, -0.1) is 0 Å². The third-order valence-corrected chi connectivity index (χ3v) is 2.39. The first-order valence-electron chi connectivity index (χ1n) is 5.34. The van der Waals surface area contributed by atoms with Gasteiger partial charge in [0.15, 0.2) is 0 Å². The summed E-state index contributed by atoms with van der Waals surface area (Å²) in [5, 5.41) is 2.60. The molecule has 1 amide bonds. The van der Waals surface area contributed by atoms with Crippen LogP contribution in [0.5, 0.6) is 0 Å². The Balaban J connectivity index is 3.87. The van der Waals surface area contributed by atoms with E-state index in [2.05, 4.69) is 10.2 Å². The zero-order valence-electron chi connectivity index (χ0n) is 9.95. The van der Waals surface area contributed by atoms with E-state index in [1.165, 1.54) is 0 Å². The Morgan fingerprint density at radius 1 is 1.60 bits per heavy atom. The van der Waals surface area contributed by atoms with Gasteiger partial charge in [0, 0.05) is 39.2 Å². The summed E-state index contributed by atoms with van der Waals surface area (Å²) in [6.07, 6.45) is 0.440. The summed E-state index contributed by atoms with van der Waals surface area (Å²) in [6.45, 7) is 4.64. The molecule has 0 bridgehead atoms. The molecule has 0 heterocycles. The van der Waals surface area contributed by atoms with E-state index in [0.29, 0.717) is 19.6 Å². The molecule has 0 fully saturated rings. The fourth-order valence-corrected chi connectivity index (χ4v) is 1.27. The molecule has 0 aromatic carbocycles. The monoisotopic (exact) mass is 217 g/mol. The Bertz CT molecular complexity index is 176. The van der Waals surface area contributed by atoms with Gasteiger partial charge in [-0.25, -0.2) is 0 Å². The van der Waals surface area contributed by atoms with Crippen LogP contribution < -0.4 is 11.1 Å². The van der Waals surface area contributed by atoms with Gasteiger partial charge in [-0.05, 0) is 14.0 Å². The minimum atomic E-state index is 0.0220. The van der Waals surface area contributed by atoms with Crippen LogP contribution in [0.4, 0.5) is 0 Å². The third-order valence-electron chi connectivity index (χ3n) is 2.39. The molecule has 0 saturated heterocycles. The van der Waals surface area contributed by atoms with Gasteiger partial charge in [-0.2, -0.15) is 0 Å². The van der Waals surface area contributed by atoms with E-state index in [0.717, 1.165) is 13.2 Å². The maximum Gasteiger partial charge on any atom is 0.221 e. The summed E-state index contributed by atoms with van der Waals surface area (Å²) in [5.74, 6) is 0.0220. The topological polar surface area (TPSA) is 67.6 Å². The van der Waals surface area contributed by atoms with Crippen molar-refractivity contribution >= 4 is 5.91 Å². The van der Waals surface area contributed by atoms with E-state index in [-0.39, 0.29) is 11.9 Å². The fourth-order valence-electron chi connectivity index (χ4n) is 1.27. The Hall–Kier alpha value is -0.650. The predicted octanol–water partition coefficient (Wildman–Crippen LogP) is -0.582. The highest BCUT2D eigenvalue weighted by molar-refractivity contribution is 5.76. The van der Waals surface area contributed by atoms with Crippen molar-refractivity contribution < 1.29 is 9.53 Å². The van der Waals surface area contributed by atoms with Gasteiger partial charge in [-0.1, -0.05) is 0 Å².